The second-order valence-electron chi connectivity index (χ2n) is 6.58. The first-order valence-electron chi connectivity index (χ1n) is 9.44. The molecule has 2 aromatic carbocycles. The molecule has 1 saturated heterocycles. The molecule has 0 saturated carbocycles. The zero-order valence-corrected chi connectivity index (χ0v) is 19.9. The fourth-order valence-corrected chi connectivity index (χ4v) is 4.10. The molecule has 2 amide bonds. The second kappa shape index (κ2) is 11.0. The Bertz CT molecular complexity index is 1140. The van der Waals surface area contributed by atoms with Gasteiger partial charge in [-0.15, -0.1) is 5.10 Å². The van der Waals surface area contributed by atoms with Crippen LogP contribution in [0.5, 0.6) is 11.5 Å². The first kappa shape index (κ1) is 24.3. The number of ether oxygens (including phenoxy) is 2. The van der Waals surface area contributed by atoms with E-state index in [2.05, 4.69) is 36.8 Å². The highest BCUT2D eigenvalue weighted by Gasteiger charge is 2.32. The summed E-state index contributed by atoms with van der Waals surface area (Å²) in [6.45, 7) is 0. The molecule has 0 unspecified atom stereocenters. The average molecular weight is 535 g/mol. The zero-order chi connectivity index (χ0) is 24.0. The lowest BCUT2D eigenvalue weighted by Crippen LogP contribution is -2.28. The molecule has 33 heavy (non-hydrogen) atoms. The van der Waals surface area contributed by atoms with Crippen LogP contribution in [0, 0.1) is 0 Å². The zero-order valence-electron chi connectivity index (χ0n) is 17.5. The number of nitrogens with one attached hydrogen (secondary N) is 2. The molecule has 1 atom stereocenters. The van der Waals surface area contributed by atoms with Crippen LogP contribution in [0.25, 0.3) is 0 Å². The molecule has 10 nitrogen and oxygen atoms in total. The fourth-order valence-electron chi connectivity index (χ4n) is 2.91. The van der Waals surface area contributed by atoms with Crippen LogP contribution in [0.4, 0.5) is 5.69 Å². The topological polar surface area (TPSA) is 139 Å². The standard InChI is InChI=1S/C21H19BrN4O6S/c1-31-14-8-3-11(17(20(29)30)18(14)32-2)10-23-26-21-25-19(28)15(33-21)9-16(27)24-13-6-4-12(22)5-7-13/h3-8,10,15H,9H2,1-2H3,(H,24,27)(H,29,30)(H,25,26,28)/b23-10-/t15-/m1/s1. The second-order valence-corrected chi connectivity index (χ2v) is 8.68. The molecule has 0 spiro atoms. The SMILES string of the molecule is COc1ccc(/C=N\N=C2\NC(=O)[C@@H](CC(=O)Nc3ccc(Br)cc3)S2)c(C(=O)O)c1OC. The Morgan fingerprint density at radius 1 is 1.21 bits per heavy atom. The Balaban J connectivity index is 1.67. The van der Waals surface area contributed by atoms with E-state index in [1.54, 1.807) is 30.3 Å². The lowest BCUT2D eigenvalue weighted by Gasteiger charge is -2.11. The number of aromatic carboxylic acids is 1. The summed E-state index contributed by atoms with van der Waals surface area (Å²) in [6.07, 6.45) is 1.19. The van der Waals surface area contributed by atoms with Gasteiger partial charge in [0.25, 0.3) is 0 Å². The predicted molar refractivity (Wildman–Crippen MR) is 128 cm³/mol. The van der Waals surface area contributed by atoms with Gasteiger partial charge >= 0.3 is 5.97 Å². The van der Waals surface area contributed by atoms with Gasteiger partial charge in [0.15, 0.2) is 16.7 Å². The van der Waals surface area contributed by atoms with Crippen LogP contribution in [-0.2, 0) is 9.59 Å². The quantitative estimate of drug-likeness (QED) is 0.349. The van der Waals surface area contributed by atoms with Crippen molar-refractivity contribution in [3.8, 4) is 11.5 Å². The van der Waals surface area contributed by atoms with Crippen LogP contribution >= 0.6 is 27.7 Å². The molecular formula is C21H19BrN4O6S. The first-order valence-corrected chi connectivity index (χ1v) is 11.1. The van der Waals surface area contributed by atoms with Crippen molar-refractivity contribution in [2.24, 2.45) is 10.2 Å². The molecule has 1 aliphatic rings. The number of halogens is 1. The normalized spacial score (nSPS) is 16.6. The van der Waals surface area contributed by atoms with E-state index in [0.717, 1.165) is 16.2 Å². The number of rotatable bonds is 8. The van der Waals surface area contributed by atoms with E-state index in [1.165, 1.54) is 26.5 Å². The maximum absolute atomic E-state index is 12.3. The Labute approximate surface area is 201 Å². The third-order valence-corrected chi connectivity index (χ3v) is 6.01. The molecular weight excluding hydrogens is 516 g/mol. The number of hydrogen-bond acceptors (Lipinski definition) is 8. The van der Waals surface area contributed by atoms with E-state index in [-0.39, 0.29) is 46.0 Å². The largest absolute Gasteiger partial charge is 0.493 e. The molecule has 3 rings (SSSR count). The average Bonchev–Trinajstić information content (AvgIpc) is 3.13. The Hall–Kier alpha value is -3.38. The molecule has 172 valence electrons. The van der Waals surface area contributed by atoms with Crippen molar-refractivity contribution in [1.29, 1.82) is 0 Å². The summed E-state index contributed by atoms with van der Waals surface area (Å²) in [5, 5.41) is 22.2. The van der Waals surface area contributed by atoms with Gasteiger partial charge in [-0.05, 0) is 36.4 Å². The third kappa shape index (κ3) is 6.11. The van der Waals surface area contributed by atoms with Crippen molar-refractivity contribution in [2.75, 3.05) is 19.5 Å². The van der Waals surface area contributed by atoms with Gasteiger partial charge in [-0.25, -0.2) is 4.79 Å². The van der Waals surface area contributed by atoms with Gasteiger partial charge in [-0.1, -0.05) is 27.7 Å². The molecule has 0 radical (unpaired) electrons. The Morgan fingerprint density at radius 3 is 2.58 bits per heavy atom. The number of hydrogen-bond donors (Lipinski definition) is 3. The number of amides is 2. The van der Waals surface area contributed by atoms with Crippen LogP contribution in [0.15, 0.2) is 51.1 Å². The molecule has 1 fully saturated rings. The summed E-state index contributed by atoms with van der Waals surface area (Å²) < 4.78 is 11.2. The number of anilines is 1. The summed E-state index contributed by atoms with van der Waals surface area (Å²) in [7, 11) is 2.74. The number of benzene rings is 2. The maximum Gasteiger partial charge on any atom is 0.340 e. The van der Waals surface area contributed by atoms with Gasteiger partial charge < -0.3 is 25.2 Å². The summed E-state index contributed by atoms with van der Waals surface area (Å²) >= 11 is 4.39. The summed E-state index contributed by atoms with van der Waals surface area (Å²) in [5.41, 5.74) is 0.727. The van der Waals surface area contributed by atoms with Crippen molar-refractivity contribution in [2.45, 2.75) is 11.7 Å². The number of nitrogens with zero attached hydrogens (tertiary/aromatic N) is 2. The Kier molecular flexibility index (Phi) is 8.06. The number of thioether (sulfide) groups is 1. The summed E-state index contributed by atoms with van der Waals surface area (Å²) in [6, 6.07) is 10.1. The van der Waals surface area contributed by atoms with Crippen molar-refractivity contribution in [3.05, 3.63) is 52.0 Å². The smallest absolute Gasteiger partial charge is 0.340 e. The fraction of sp³-hybridized carbons (Fsp3) is 0.190. The van der Waals surface area contributed by atoms with Crippen LogP contribution in [-0.4, -0.2) is 53.7 Å². The van der Waals surface area contributed by atoms with E-state index in [1.807, 2.05) is 0 Å². The molecule has 3 N–H and O–H groups in total. The highest BCUT2D eigenvalue weighted by molar-refractivity contribution is 9.10. The lowest BCUT2D eigenvalue weighted by molar-refractivity contribution is -0.122. The minimum Gasteiger partial charge on any atom is -0.493 e. The maximum atomic E-state index is 12.3. The molecule has 12 heteroatoms. The van der Waals surface area contributed by atoms with Crippen molar-refractivity contribution in [1.82, 2.24) is 5.32 Å². The number of carbonyl (C=O) groups excluding carboxylic acids is 2. The van der Waals surface area contributed by atoms with Gasteiger partial charge in [0.1, 0.15) is 10.8 Å². The molecule has 0 aliphatic carbocycles. The van der Waals surface area contributed by atoms with Gasteiger partial charge in [0.05, 0.1) is 20.4 Å². The number of carboxylic acid groups (broad SMARTS) is 1. The highest BCUT2D eigenvalue weighted by atomic mass is 79.9. The van der Waals surface area contributed by atoms with Crippen molar-refractivity contribution < 1.29 is 29.0 Å². The van der Waals surface area contributed by atoms with E-state index in [0.29, 0.717) is 5.69 Å². The monoisotopic (exact) mass is 534 g/mol. The van der Waals surface area contributed by atoms with Gasteiger partial charge in [-0.2, -0.15) is 5.10 Å². The van der Waals surface area contributed by atoms with Gasteiger partial charge in [0.2, 0.25) is 11.8 Å². The predicted octanol–water partition coefficient (Wildman–Crippen LogP) is 3.11. The first-order chi connectivity index (χ1) is 15.8. The minimum absolute atomic E-state index is 0.0475. The summed E-state index contributed by atoms with van der Waals surface area (Å²) in [5.74, 6) is -1.58. The molecule has 0 bridgehead atoms. The lowest BCUT2D eigenvalue weighted by atomic mass is 10.1. The van der Waals surface area contributed by atoms with Crippen LogP contribution in [0.3, 0.4) is 0 Å². The van der Waals surface area contributed by atoms with Crippen molar-refractivity contribution in [3.63, 3.8) is 0 Å². The van der Waals surface area contributed by atoms with E-state index in [4.69, 9.17) is 9.47 Å². The molecule has 0 aromatic heterocycles. The van der Waals surface area contributed by atoms with E-state index >= 15 is 0 Å². The number of methoxy groups -OCH3 is 2. The van der Waals surface area contributed by atoms with E-state index < -0.39 is 11.2 Å². The van der Waals surface area contributed by atoms with Crippen LogP contribution in [0.2, 0.25) is 0 Å². The number of amidine groups is 1. The third-order valence-electron chi connectivity index (χ3n) is 4.41. The Morgan fingerprint density at radius 2 is 1.94 bits per heavy atom. The van der Waals surface area contributed by atoms with Crippen molar-refractivity contribution >= 4 is 62.5 Å². The van der Waals surface area contributed by atoms with Gasteiger partial charge in [-0.3, -0.25) is 9.59 Å². The van der Waals surface area contributed by atoms with E-state index in [9.17, 15) is 19.5 Å². The number of carboxylic acids is 1. The molecule has 2 aromatic rings. The highest BCUT2D eigenvalue weighted by Crippen LogP contribution is 2.33. The minimum atomic E-state index is -1.22. The van der Waals surface area contributed by atoms with Crippen LogP contribution < -0.4 is 20.1 Å². The summed E-state index contributed by atoms with van der Waals surface area (Å²) in [4.78, 5) is 36.1. The van der Waals surface area contributed by atoms with Crippen LogP contribution in [0.1, 0.15) is 22.3 Å². The molecule has 1 aliphatic heterocycles. The van der Waals surface area contributed by atoms with Gasteiger partial charge in [0, 0.05) is 22.1 Å². The number of carbonyl (C=O) groups is 3. The molecule has 1 heterocycles.